The number of aromatic amines is 1. The number of fused-ring (bicyclic) bond motifs is 1. The van der Waals surface area contributed by atoms with Gasteiger partial charge < -0.3 is 20.9 Å². The van der Waals surface area contributed by atoms with Crippen molar-refractivity contribution in [2.24, 2.45) is 0 Å². The van der Waals surface area contributed by atoms with Gasteiger partial charge in [0.1, 0.15) is 0 Å². The molecule has 0 bridgehead atoms. The highest BCUT2D eigenvalue weighted by molar-refractivity contribution is 6.35. The minimum Gasteiger partial charge on any atom is -0.358 e. The lowest BCUT2D eigenvalue weighted by Crippen LogP contribution is -2.26. The average molecular weight is 481 g/mol. The lowest BCUT2D eigenvalue weighted by Gasteiger charge is -2.14. The highest BCUT2D eigenvalue weighted by Crippen LogP contribution is 2.35. The summed E-state index contributed by atoms with van der Waals surface area (Å²) in [6.07, 6.45) is 7.43. The lowest BCUT2D eigenvalue weighted by molar-refractivity contribution is -0.110. The summed E-state index contributed by atoms with van der Waals surface area (Å²) in [5.74, 6) is 1.78. The molecule has 4 rings (SSSR count). The first-order valence-electron chi connectivity index (χ1n) is 11.7. The van der Waals surface area contributed by atoms with Crippen LogP contribution in [0.25, 0.3) is 11.6 Å². The second-order valence-corrected chi connectivity index (χ2v) is 8.75. The molecule has 1 atom stereocenters. The standard InChI is InChI=1S/C29H28N4O3/c1-5-6-14-30-29(36)26-17(2)25(31-19(26)4)16-23-22-15-21(12-13-24(22)33-28(23)35)27(34)32-18(3)20-10-8-7-9-11-20/h1,7-13,15-16,18,31H,6,14H2,2-4H3,(H,30,36)(H,32,34)(H,33,35)/b23-16-/t18-/m1/s1. The van der Waals surface area contributed by atoms with E-state index in [1.807, 2.05) is 51.1 Å². The van der Waals surface area contributed by atoms with Crippen molar-refractivity contribution in [3.8, 4) is 12.3 Å². The number of carbonyl (C=O) groups excluding carboxylic acids is 3. The third-order valence-corrected chi connectivity index (χ3v) is 6.26. The van der Waals surface area contributed by atoms with Gasteiger partial charge in [-0.2, -0.15) is 0 Å². The minimum atomic E-state index is -0.271. The maximum Gasteiger partial charge on any atom is 0.256 e. The summed E-state index contributed by atoms with van der Waals surface area (Å²) in [6.45, 7) is 5.95. The van der Waals surface area contributed by atoms with E-state index in [2.05, 4.69) is 26.9 Å². The molecular weight excluding hydrogens is 452 g/mol. The Bertz CT molecular complexity index is 1410. The highest BCUT2D eigenvalue weighted by Gasteiger charge is 2.27. The molecule has 7 heteroatoms. The summed E-state index contributed by atoms with van der Waals surface area (Å²) in [4.78, 5) is 41.6. The van der Waals surface area contributed by atoms with E-state index >= 15 is 0 Å². The molecule has 0 aliphatic carbocycles. The zero-order valence-corrected chi connectivity index (χ0v) is 20.5. The number of rotatable bonds is 7. The van der Waals surface area contributed by atoms with Crippen LogP contribution in [0.15, 0.2) is 48.5 Å². The zero-order chi connectivity index (χ0) is 25.8. The van der Waals surface area contributed by atoms with Crippen molar-refractivity contribution in [2.45, 2.75) is 33.2 Å². The van der Waals surface area contributed by atoms with Crippen LogP contribution in [-0.2, 0) is 4.79 Å². The molecule has 182 valence electrons. The Hall–Kier alpha value is -4.57. The first-order chi connectivity index (χ1) is 17.3. The Morgan fingerprint density at radius 3 is 2.58 bits per heavy atom. The van der Waals surface area contributed by atoms with Crippen LogP contribution in [-0.4, -0.2) is 29.3 Å². The van der Waals surface area contributed by atoms with Gasteiger partial charge in [0.05, 0.1) is 17.2 Å². The quantitative estimate of drug-likeness (QED) is 0.229. The molecule has 36 heavy (non-hydrogen) atoms. The third kappa shape index (κ3) is 4.93. The van der Waals surface area contributed by atoms with Gasteiger partial charge in [-0.1, -0.05) is 30.3 Å². The largest absolute Gasteiger partial charge is 0.358 e. The first kappa shape index (κ1) is 24.6. The van der Waals surface area contributed by atoms with Crippen molar-refractivity contribution in [2.75, 3.05) is 11.9 Å². The lowest BCUT2D eigenvalue weighted by atomic mass is 10.0. The predicted octanol–water partition coefficient (Wildman–Crippen LogP) is 4.37. The van der Waals surface area contributed by atoms with E-state index in [0.717, 1.165) is 11.1 Å². The number of benzene rings is 2. The number of H-pyrrole nitrogens is 1. The SMILES string of the molecule is C#CCCNC(=O)c1c(C)[nH]c(/C=C2\C(=O)Nc3ccc(C(=O)N[C@H](C)c4ccccc4)cc32)c1C. The van der Waals surface area contributed by atoms with Crippen LogP contribution in [0.2, 0.25) is 0 Å². The van der Waals surface area contributed by atoms with Crippen LogP contribution >= 0.6 is 0 Å². The molecule has 3 amide bonds. The molecular formula is C29H28N4O3. The summed E-state index contributed by atoms with van der Waals surface area (Å²) in [5.41, 5.74) is 5.73. The Kier molecular flexibility index (Phi) is 7.07. The van der Waals surface area contributed by atoms with Gasteiger partial charge in [0.2, 0.25) is 0 Å². The van der Waals surface area contributed by atoms with Crippen LogP contribution in [0.1, 0.15) is 68.2 Å². The monoisotopic (exact) mass is 480 g/mol. The molecule has 0 fully saturated rings. The number of terminal acetylenes is 1. The zero-order valence-electron chi connectivity index (χ0n) is 20.5. The number of aryl methyl sites for hydroxylation is 1. The maximum atomic E-state index is 13.0. The van der Waals surface area contributed by atoms with Crippen molar-refractivity contribution in [1.82, 2.24) is 15.6 Å². The number of anilines is 1. The van der Waals surface area contributed by atoms with Gasteiger partial charge in [-0.3, -0.25) is 14.4 Å². The van der Waals surface area contributed by atoms with Gasteiger partial charge in [-0.05, 0) is 56.2 Å². The average Bonchev–Trinajstić information content (AvgIpc) is 3.33. The molecule has 1 aliphatic rings. The number of aromatic nitrogens is 1. The number of hydrogen-bond donors (Lipinski definition) is 4. The van der Waals surface area contributed by atoms with Crippen LogP contribution in [0.5, 0.6) is 0 Å². The van der Waals surface area contributed by atoms with Crippen molar-refractivity contribution in [3.05, 3.63) is 87.7 Å². The molecule has 0 saturated carbocycles. The minimum absolute atomic E-state index is 0.170. The second kappa shape index (κ2) is 10.4. The molecule has 0 saturated heterocycles. The Balaban J connectivity index is 1.61. The topological polar surface area (TPSA) is 103 Å². The Morgan fingerprint density at radius 2 is 1.86 bits per heavy atom. The number of amides is 3. The number of hydrogen-bond acceptors (Lipinski definition) is 3. The predicted molar refractivity (Wildman–Crippen MR) is 141 cm³/mol. The van der Waals surface area contributed by atoms with E-state index in [9.17, 15) is 14.4 Å². The van der Waals surface area contributed by atoms with E-state index in [4.69, 9.17) is 6.42 Å². The van der Waals surface area contributed by atoms with E-state index in [0.29, 0.717) is 52.3 Å². The highest BCUT2D eigenvalue weighted by atomic mass is 16.2. The molecule has 2 heterocycles. The molecule has 0 spiro atoms. The molecule has 1 aliphatic heterocycles. The van der Waals surface area contributed by atoms with E-state index in [1.165, 1.54) is 0 Å². The molecule has 2 aromatic carbocycles. The van der Waals surface area contributed by atoms with E-state index in [1.54, 1.807) is 24.3 Å². The van der Waals surface area contributed by atoms with Gasteiger partial charge in [0, 0.05) is 41.2 Å². The number of carbonyl (C=O) groups is 3. The second-order valence-electron chi connectivity index (χ2n) is 8.75. The van der Waals surface area contributed by atoms with Crippen LogP contribution in [0.3, 0.4) is 0 Å². The molecule has 0 unspecified atom stereocenters. The van der Waals surface area contributed by atoms with Crippen LogP contribution in [0, 0.1) is 26.2 Å². The molecule has 1 aromatic heterocycles. The van der Waals surface area contributed by atoms with Gasteiger partial charge in [0.25, 0.3) is 17.7 Å². The summed E-state index contributed by atoms with van der Waals surface area (Å²) < 4.78 is 0. The fourth-order valence-electron chi connectivity index (χ4n) is 4.32. The van der Waals surface area contributed by atoms with Crippen molar-refractivity contribution in [1.29, 1.82) is 0 Å². The first-order valence-corrected chi connectivity index (χ1v) is 11.7. The maximum absolute atomic E-state index is 13.0. The summed E-state index contributed by atoms with van der Waals surface area (Å²) in [5, 5.41) is 8.67. The number of nitrogens with one attached hydrogen (secondary N) is 4. The van der Waals surface area contributed by atoms with Crippen molar-refractivity contribution in [3.63, 3.8) is 0 Å². The molecule has 3 aromatic rings. The summed E-state index contributed by atoms with van der Waals surface area (Å²) >= 11 is 0. The third-order valence-electron chi connectivity index (χ3n) is 6.26. The van der Waals surface area contributed by atoms with Crippen molar-refractivity contribution < 1.29 is 14.4 Å². The van der Waals surface area contributed by atoms with Gasteiger partial charge in [0.15, 0.2) is 0 Å². The smallest absolute Gasteiger partial charge is 0.256 e. The molecule has 0 radical (unpaired) electrons. The normalized spacial score (nSPS) is 14.1. The molecule has 7 nitrogen and oxygen atoms in total. The fraction of sp³-hybridized carbons (Fsp3) is 0.207. The van der Waals surface area contributed by atoms with E-state index in [-0.39, 0.29) is 23.8 Å². The van der Waals surface area contributed by atoms with Crippen LogP contribution < -0.4 is 16.0 Å². The van der Waals surface area contributed by atoms with E-state index < -0.39 is 0 Å². The van der Waals surface area contributed by atoms with Gasteiger partial charge in [-0.15, -0.1) is 12.3 Å². The van der Waals surface area contributed by atoms with Crippen LogP contribution in [0.4, 0.5) is 5.69 Å². The van der Waals surface area contributed by atoms with Crippen molar-refractivity contribution >= 4 is 35.1 Å². The summed E-state index contributed by atoms with van der Waals surface area (Å²) in [6, 6.07) is 14.7. The summed E-state index contributed by atoms with van der Waals surface area (Å²) in [7, 11) is 0. The molecule has 4 N–H and O–H groups in total. The van der Waals surface area contributed by atoms with Gasteiger partial charge >= 0.3 is 0 Å². The fourth-order valence-corrected chi connectivity index (χ4v) is 4.32. The Labute approximate surface area is 210 Å². The van der Waals surface area contributed by atoms with Gasteiger partial charge in [-0.25, -0.2) is 0 Å². The Morgan fingerprint density at radius 1 is 1.11 bits per heavy atom.